The van der Waals surface area contributed by atoms with Gasteiger partial charge in [-0.2, -0.15) is 17.2 Å². The molecule has 57 heavy (non-hydrogen) atoms. The second-order valence-corrected chi connectivity index (χ2v) is 20.4. The summed E-state index contributed by atoms with van der Waals surface area (Å²) in [5.41, 5.74) is 2.26. The maximum atomic E-state index is 14.3. The van der Waals surface area contributed by atoms with Crippen LogP contribution in [0.1, 0.15) is 131 Å². The monoisotopic (exact) mass is 850 g/mol. The molecule has 0 atom stereocenters. The molecular weight excluding hydrogens is 804 g/mol. The Labute approximate surface area is 335 Å². The summed E-state index contributed by atoms with van der Waals surface area (Å²) in [6.07, 6.45) is 14.4. The fourth-order valence-electron chi connectivity index (χ4n) is 8.30. The Morgan fingerprint density at radius 3 is 1.16 bits per heavy atom. The van der Waals surface area contributed by atoms with Crippen molar-refractivity contribution in [2.75, 3.05) is 0 Å². The first-order chi connectivity index (χ1) is 27.1. The summed E-state index contributed by atoms with van der Waals surface area (Å²) >= 11 is 0. The number of rotatable bonds is 10. The third-order valence-electron chi connectivity index (χ3n) is 11.3. The second kappa shape index (κ2) is 18.6. The second-order valence-electron chi connectivity index (χ2n) is 15.2. The van der Waals surface area contributed by atoms with Crippen molar-refractivity contribution < 1.29 is 47.5 Å². The van der Waals surface area contributed by atoms with Gasteiger partial charge in [-0.15, -0.1) is 0 Å². The van der Waals surface area contributed by atoms with Gasteiger partial charge in [-0.3, -0.25) is 0 Å². The van der Waals surface area contributed by atoms with Crippen molar-refractivity contribution in [3.8, 4) is 5.75 Å². The van der Waals surface area contributed by atoms with Crippen LogP contribution in [-0.2, 0) is 31.1 Å². The van der Waals surface area contributed by atoms with E-state index in [1.54, 1.807) is 36.4 Å². The minimum atomic E-state index is -6.48. The topological polar surface area (TPSA) is 101 Å². The third-order valence-corrected chi connectivity index (χ3v) is 16.3. The molecule has 4 aromatic rings. The molecule has 0 amide bonds. The molecule has 0 spiro atoms. The zero-order valence-electron chi connectivity index (χ0n) is 31.5. The highest BCUT2D eigenvalue weighted by Gasteiger charge is 2.55. The number of hydrogen-bond acceptors (Lipinski definition) is 6. The summed E-state index contributed by atoms with van der Waals surface area (Å²) in [5, 5.41) is 0. The first-order valence-electron chi connectivity index (χ1n) is 19.6. The largest absolute Gasteiger partial charge is 0.742 e. The molecule has 0 heterocycles. The van der Waals surface area contributed by atoms with E-state index in [2.05, 4.69) is 0 Å². The van der Waals surface area contributed by atoms with Gasteiger partial charge in [0, 0.05) is 0 Å². The molecule has 0 bridgehead atoms. The maximum Gasteiger partial charge on any atom is 0.470 e. The van der Waals surface area contributed by atoms with Crippen LogP contribution in [-0.4, -0.2) is 26.0 Å². The SMILES string of the molecule is Fc1ccc([S+](c2ccc(F)cc2)c2ccc(F)cc2)cc1.O=S(=O)([O-])C(F)(F)S(=O)(=O)Oc1c(C2CCCCC2)cc(C2CCCCC2)cc1C1CCCCC1. The molecule has 0 unspecified atom stereocenters. The molecule has 0 aromatic heterocycles. The molecule has 14 heteroatoms. The van der Waals surface area contributed by atoms with Crippen LogP contribution in [0.4, 0.5) is 22.0 Å². The van der Waals surface area contributed by atoms with Gasteiger partial charge in [-0.1, -0.05) is 69.9 Å². The number of benzene rings is 4. The molecule has 0 radical (unpaired) electrons. The van der Waals surface area contributed by atoms with E-state index < -0.39 is 35.7 Å². The van der Waals surface area contributed by atoms with Crippen LogP contribution in [0, 0.1) is 17.5 Å². The maximum absolute atomic E-state index is 14.3. The van der Waals surface area contributed by atoms with Gasteiger partial charge in [0.2, 0.25) is 0 Å². The third kappa shape index (κ3) is 10.4. The van der Waals surface area contributed by atoms with E-state index in [9.17, 15) is 43.3 Å². The molecule has 3 aliphatic carbocycles. The quantitative estimate of drug-likeness (QED) is 0.0682. The van der Waals surface area contributed by atoms with E-state index >= 15 is 0 Å². The van der Waals surface area contributed by atoms with E-state index in [1.165, 1.54) is 42.8 Å². The van der Waals surface area contributed by atoms with Gasteiger partial charge in [0.15, 0.2) is 24.8 Å². The molecule has 3 fully saturated rings. The van der Waals surface area contributed by atoms with Gasteiger partial charge < -0.3 is 8.74 Å². The molecule has 3 saturated carbocycles. The summed E-state index contributed by atoms with van der Waals surface area (Å²) in [6.45, 7) is 0. The Balaban J connectivity index is 0.000000214. The van der Waals surface area contributed by atoms with Crippen LogP contribution >= 0.6 is 0 Å². The van der Waals surface area contributed by atoms with Gasteiger partial charge >= 0.3 is 14.7 Å². The molecule has 4 aromatic carbocycles. The van der Waals surface area contributed by atoms with Crippen molar-refractivity contribution in [3.05, 3.63) is 119 Å². The molecule has 308 valence electrons. The lowest BCUT2D eigenvalue weighted by atomic mass is 9.75. The fraction of sp³-hybridized carbons (Fsp3) is 0.442. The molecule has 0 aliphatic heterocycles. The number of halogens is 5. The molecular formula is C43H47F5O6S3. The van der Waals surface area contributed by atoms with Crippen molar-refractivity contribution in [3.63, 3.8) is 0 Å². The van der Waals surface area contributed by atoms with Crippen molar-refractivity contribution in [2.24, 2.45) is 0 Å². The lowest BCUT2D eigenvalue weighted by Crippen LogP contribution is -2.40. The van der Waals surface area contributed by atoms with Crippen molar-refractivity contribution in [1.82, 2.24) is 0 Å². The predicted octanol–water partition coefficient (Wildman–Crippen LogP) is 11.8. The fourth-order valence-corrected chi connectivity index (χ4v) is 12.0. The highest BCUT2D eigenvalue weighted by Crippen LogP contribution is 2.48. The zero-order valence-corrected chi connectivity index (χ0v) is 33.9. The lowest BCUT2D eigenvalue weighted by molar-refractivity contribution is 0.153. The Bertz CT molecular complexity index is 2020. The van der Waals surface area contributed by atoms with Crippen LogP contribution in [0.5, 0.6) is 5.75 Å². The van der Waals surface area contributed by atoms with Crippen molar-refractivity contribution in [2.45, 2.75) is 133 Å². The predicted molar refractivity (Wildman–Crippen MR) is 209 cm³/mol. The molecule has 0 saturated heterocycles. The number of alkyl halides is 2. The summed E-state index contributed by atoms with van der Waals surface area (Å²) in [6, 6.07) is 22.4. The van der Waals surface area contributed by atoms with E-state index in [-0.39, 0.29) is 35.0 Å². The van der Waals surface area contributed by atoms with Crippen molar-refractivity contribution >= 4 is 31.1 Å². The molecule has 6 nitrogen and oxygen atoms in total. The van der Waals surface area contributed by atoms with Crippen LogP contribution in [0.2, 0.25) is 0 Å². The first-order valence-corrected chi connectivity index (χ1v) is 23.6. The van der Waals surface area contributed by atoms with Crippen LogP contribution in [0.3, 0.4) is 0 Å². The Morgan fingerprint density at radius 2 is 0.842 bits per heavy atom. The van der Waals surface area contributed by atoms with Gasteiger partial charge in [0.05, 0.1) is 10.9 Å². The van der Waals surface area contributed by atoms with Gasteiger partial charge in [-0.05, 0) is 146 Å². The standard InChI is InChI=1S/C25H36F2O6S2.C18H12F3S/c26-25(27,34(28,29)30)35(31,32)33-24-22(19-12-6-2-7-13-19)16-21(18-10-4-1-5-11-18)17-23(24)20-14-8-3-9-15-20;19-13-1-7-16(8-2-13)22(17-9-3-14(20)4-10-17)18-11-5-15(21)6-12-18/h16-20H,1-15H2,(H,28,29,30);1-12H/q;+1/p-1. The molecule has 0 N–H and O–H groups in total. The smallest absolute Gasteiger partial charge is 0.470 e. The molecule has 7 rings (SSSR count). The van der Waals surface area contributed by atoms with Gasteiger partial charge in [0.1, 0.15) is 23.2 Å². The van der Waals surface area contributed by atoms with E-state index in [1.807, 2.05) is 12.1 Å². The Hall–Kier alpha value is -3.46. The van der Waals surface area contributed by atoms with Gasteiger partial charge in [-0.25, -0.2) is 21.6 Å². The van der Waals surface area contributed by atoms with E-state index in [4.69, 9.17) is 4.18 Å². The van der Waals surface area contributed by atoms with Gasteiger partial charge in [0.25, 0.3) is 0 Å². The first kappa shape index (κ1) is 43.1. The van der Waals surface area contributed by atoms with Crippen molar-refractivity contribution in [1.29, 1.82) is 0 Å². The lowest BCUT2D eigenvalue weighted by Gasteiger charge is -2.32. The average molecular weight is 851 g/mol. The van der Waals surface area contributed by atoms with E-state index in [0.29, 0.717) is 17.0 Å². The van der Waals surface area contributed by atoms with Crippen LogP contribution in [0.25, 0.3) is 0 Å². The minimum Gasteiger partial charge on any atom is -0.742 e. The summed E-state index contributed by atoms with van der Waals surface area (Å²) in [4.78, 5) is 2.67. The van der Waals surface area contributed by atoms with Crippen LogP contribution in [0.15, 0.2) is 99.6 Å². The summed E-state index contributed by atoms with van der Waals surface area (Å²) < 4.78 is 126. The summed E-state index contributed by atoms with van der Waals surface area (Å²) in [5.74, 6) is -0.898. The Kier molecular flexibility index (Phi) is 14.1. The van der Waals surface area contributed by atoms with E-state index in [0.717, 1.165) is 110 Å². The molecule has 3 aliphatic rings. The highest BCUT2D eigenvalue weighted by molar-refractivity contribution is 8.05. The summed E-state index contributed by atoms with van der Waals surface area (Å²) in [7, 11) is -13.1. The average Bonchev–Trinajstić information content (AvgIpc) is 3.21. The van der Waals surface area contributed by atoms with Crippen LogP contribution < -0.4 is 4.18 Å². The highest BCUT2D eigenvalue weighted by atomic mass is 32.3. The number of hydrogen-bond donors (Lipinski definition) is 0. The normalized spacial score (nSPS) is 17.9. The Morgan fingerprint density at radius 1 is 0.526 bits per heavy atom. The zero-order chi connectivity index (χ0) is 40.8. The minimum absolute atomic E-state index is 0.0580.